The summed E-state index contributed by atoms with van der Waals surface area (Å²) in [6.45, 7) is 3.33. The molecule has 2 heteroatoms. The standard InChI is InChI=1S/C20H28N2/c1-2-3-4-5-6-10-17-21-18-13-15-20(16-14-18)22-19-11-8-7-9-12-19/h7-9,11-16,21-22H,2-6,10,17H2,1H3. The lowest BCUT2D eigenvalue weighted by Crippen LogP contribution is -2.01. The molecule has 0 spiro atoms. The smallest absolute Gasteiger partial charge is 0.0385 e. The first-order valence-electron chi connectivity index (χ1n) is 8.54. The Labute approximate surface area is 135 Å². The molecule has 0 atom stereocenters. The van der Waals surface area contributed by atoms with E-state index in [1.54, 1.807) is 0 Å². The Hall–Kier alpha value is -1.96. The van der Waals surface area contributed by atoms with Gasteiger partial charge in [0.25, 0.3) is 0 Å². The van der Waals surface area contributed by atoms with E-state index in [1.807, 2.05) is 18.2 Å². The molecule has 22 heavy (non-hydrogen) atoms. The first-order valence-corrected chi connectivity index (χ1v) is 8.54. The van der Waals surface area contributed by atoms with E-state index in [0.29, 0.717) is 0 Å². The predicted molar refractivity (Wildman–Crippen MR) is 98.0 cm³/mol. The van der Waals surface area contributed by atoms with E-state index < -0.39 is 0 Å². The van der Waals surface area contributed by atoms with Gasteiger partial charge in [-0.1, -0.05) is 57.2 Å². The average Bonchev–Trinajstić information content (AvgIpc) is 2.56. The van der Waals surface area contributed by atoms with Crippen LogP contribution in [0.2, 0.25) is 0 Å². The Balaban J connectivity index is 1.66. The van der Waals surface area contributed by atoms with Crippen molar-refractivity contribution in [3.63, 3.8) is 0 Å². The van der Waals surface area contributed by atoms with E-state index in [-0.39, 0.29) is 0 Å². The number of unbranched alkanes of at least 4 members (excludes halogenated alkanes) is 5. The Bertz CT molecular complexity index is 505. The van der Waals surface area contributed by atoms with Crippen LogP contribution in [0.25, 0.3) is 0 Å². The van der Waals surface area contributed by atoms with E-state index in [2.05, 4.69) is 54.0 Å². The molecule has 0 radical (unpaired) electrons. The third-order valence-corrected chi connectivity index (χ3v) is 3.81. The van der Waals surface area contributed by atoms with Gasteiger partial charge in [-0.25, -0.2) is 0 Å². The van der Waals surface area contributed by atoms with E-state index in [1.165, 1.54) is 44.2 Å². The van der Waals surface area contributed by atoms with Crippen LogP contribution in [0.4, 0.5) is 17.1 Å². The number of hydrogen-bond acceptors (Lipinski definition) is 2. The van der Waals surface area contributed by atoms with Gasteiger partial charge in [0.2, 0.25) is 0 Å². The summed E-state index contributed by atoms with van der Waals surface area (Å²) >= 11 is 0. The van der Waals surface area contributed by atoms with Gasteiger partial charge in [0.15, 0.2) is 0 Å². The lowest BCUT2D eigenvalue weighted by atomic mass is 10.1. The van der Waals surface area contributed by atoms with Crippen LogP contribution >= 0.6 is 0 Å². The molecule has 0 aliphatic heterocycles. The number of anilines is 3. The van der Waals surface area contributed by atoms with Gasteiger partial charge < -0.3 is 10.6 Å². The molecule has 0 aromatic heterocycles. The fraction of sp³-hybridized carbons (Fsp3) is 0.400. The number of hydrogen-bond donors (Lipinski definition) is 2. The number of nitrogens with one attached hydrogen (secondary N) is 2. The van der Waals surface area contributed by atoms with Gasteiger partial charge in [0.05, 0.1) is 0 Å². The van der Waals surface area contributed by atoms with Crippen molar-refractivity contribution < 1.29 is 0 Å². The molecular weight excluding hydrogens is 268 g/mol. The number of para-hydroxylation sites is 1. The second-order valence-electron chi connectivity index (χ2n) is 5.76. The van der Waals surface area contributed by atoms with Crippen LogP contribution in [0.3, 0.4) is 0 Å². The highest BCUT2D eigenvalue weighted by Crippen LogP contribution is 2.18. The van der Waals surface area contributed by atoms with Gasteiger partial charge >= 0.3 is 0 Å². The van der Waals surface area contributed by atoms with E-state index >= 15 is 0 Å². The Morgan fingerprint density at radius 1 is 0.636 bits per heavy atom. The molecule has 2 N–H and O–H groups in total. The van der Waals surface area contributed by atoms with Gasteiger partial charge in [-0.2, -0.15) is 0 Å². The minimum Gasteiger partial charge on any atom is -0.385 e. The summed E-state index contributed by atoms with van der Waals surface area (Å²) in [5.41, 5.74) is 3.44. The van der Waals surface area contributed by atoms with Crippen molar-refractivity contribution in [1.29, 1.82) is 0 Å². The molecule has 118 valence electrons. The molecule has 2 nitrogen and oxygen atoms in total. The summed E-state index contributed by atoms with van der Waals surface area (Å²) in [5, 5.41) is 6.90. The van der Waals surface area contributed by atoms with Crippen molar-refractivity contribution in [2.45, 2.75) is 45.4 Å². The summed E-state index contributed by atoms with van der Waals surface area (Å²) in [4.78, 5) is 0. The quantitative estimate of drug-likeness (QED) is 0.510. The van der Waals surface area contributed by atoms with Gasteiger partial charge in [0.1, 0.15) is 0 Å². The van der Waals surface area contributed by atoms with E-state index in [0.717, 1.165) is 17.9 Å². The molecule has 0 aliphatic rings. The molecule has 0 unspecified atom stereocenters. The summed E-state index contributed by atoms with van der Waals surface area (Å²) < 4.78 is 0. The highest BCUT2D eigenvalue weighted by molar-refractivity contribution is 5.62. The summed E-state index contributed by atoms with van der Waals surface area (Å²) in [5.74, 6) is 0. The van der Waals surface area contributed by atoms with Crippen LogP contribution < -0.4 is 10.6 Å². The molecule has 0 fully saturated rings. The highest BCUT2D eigenvalue weighted by Gasteiger charge is 1.96. The zero-order valence-corrected chi connectivity index (χ0v) is 13.6. The fourth-order valence-electron chi connectivity index (χ4n) is 2.50. The maximum atomic E-state index is 3.50. The molecule has 0 aliphatic carbocycles. The van der Waals surface area contributed by atoms with Crippen molar-refractivity contribution in [3.8, 4) is 0 Å². The third-order valence-electron chi connectivity index (χ3n) is 3.81. The van der Waals surface area contributed by atoms with Crippen LogP contribution in [0.1, 0.15) is 45.4 Å². The topological polar surface area (TPSA) is 24.1 Å². The van der Waals surface area contributed by atoms with Crippen molar-refractivity contribution >= 4 is 17.1 Å². The van der Waals surface area contributed by atoms with Crippen LogP contribution in [0, 0.1) is 0 Å². The van der Waals surface area contributed by atoms with Crippen molar-refractivity contribution in [2.24, 2.45) is 0 Å². The van der Waals surface area contributed by atoms with Crippen LogP contribution in [-0.4, -0.2) is 6.54 Å². The Kier molecular flexibility index (Phi) is 7.37. The zero-order valence-electron chi connectivity index (χ0n) is 13.6. The van der Waals surface area contributed by atoms with E-state index in [9.17, 15) is 0 Å². The van der Waals surface area contributed by atoms with Crippen molar-refractivity contribution in [3.05, 3.63) is 54.6 Å². The second-order valence-corrected chi connectivity index (χ2v) is 5.76. The number of benzene rings is 2. The van der Waals surface area contributed by atoms with Crippen LogP contribution in [0.15, 0.2) is 54.6 Å². The second kappa shape index (κ2) is 9.88. The van der Waals surface area contributed by atoms with Gasteiger partial charge in [-0.05, 0) is 42.8 Å². The van der Waals surface area contributed by atoms with E-state index in [4.69, 9.17) is 0 Å². The van der Waals surface area contributed by atoms with Gasteiger partial charge in [-0.3, -0.25) is 0 Å². The first-order chi connectivity index (χ1) is 10.9. The van der Waals surface area contributed by atoms with Crippen LogP contribution in [-0.2, 0) is 0 Å². The largest absolute Gasteiger partial charge is 0.385 e. The molecule has 0 saturated heterocycles. The SMILES string of the molecule is CCCCCCCCNc1ccc(Nc2ccccc2)cc1. The van der Waals surface area contributed by atoms with Crippen LogP contribution in [0.5, 0.6) is 0 Å². The maximum Gasteiger partial charge on any atom is 0.0385 e. The molecule has 0 saturated carbocycles. The third kappa shape index (κ3) is 6.21. The fourth-order valence-corrected chi connectivity index (χ4v) is 2.50. The highest BCUT2D eigenvalue weighted by atomic mass is 14.9. The molecule has 0 heterocycles. The monoisotopic (exact) mass is 296 g/mol. The summed E-state index contributed by atoms with van der Waals surface area (Å²) in [7, 11) is 0. The predicted octanol–water partition coefficient (Wildman–Crippen LogP) is 6.20. The van der Waals surface area contributed by atoms with Gasteiger partial charge in [-0.15, -0.1) is 0 Å². The minimum absolute atomic E-state index is 1.07. The van der Waals surface area contributed by atoms with Gasteiger partial charge in [0, 0.05) is 23.6 Å². The first kappa shape index (κ1) is 16.4. The lowest BCUT2D eigenvalue weighted by molar-refractivity contribution is 0.617. The normalized spacial score (nSPS) is 10.4. The summed E-state index contributed by atoms with van der Waals surface area (Å²) in [6, 6.07) is 18.8. The average molecular weight is 296 g/mol. The maximum absolute atomic E-state index is 3.50. The molecule has 2 aromatic rings. The zero-order chi connectivity index (χ0) is 15.5. The Morgan fingerprint density at radius 3 is 1.95 bits per heavy atom. The molecule has 2 rings (SSSR count). The Morgan fingerprint density at radius 2 is 1.23 bits per heavy atom. The lowest BCUT2D eigenvalue weighted by Gasteiger charge is -2.09. The minimum atomic E-state index is 1.07. The van der Waals surface area contributed by atoms with Crippen molar-refractivity contribution in [1.82, 2.24) is 0 Å². The molecular formula is C20H28N2. The van der Waals surface area contributed by atoms with Crippen molar-refractivity contribution in [2.75, 3.05) is 17.2 Å². The molecule has 0 bridgehead atoms. The molecule has 0 amide bonds. The summed E-state index contributed by atoms with van der Waals surface area (Å²) in [6.07, 6.45) is 8.05. The molecule has 2 aromatic carbocycles. The number of rotatable bonds is 10.